The molecular formula is C26H26ClN3O4. The van der Waals surface area contributed by atoms with Crippen LogP contribution in [-0.2, 0) is 17.6 Å². The number of rotatable bonds is 7. The van der Waals surface area contributed by atoms with Crippen LogP contribution in [-0.4, -0.2) is 38.7 Å². The van der Waals surface area contributed by atoms with Gasteiger partial charge in [0.2, 0.25) is 5.91 Å². The molecule has 0 aliphatic carbocycles. The molecule has 4 rings (SSSR count). The number of nitrogens with one attached hydrogen (secondary N) is 2. The summed E-state index contributed by atoms with van der Waals surface area (Å²) in [6, 6.07) is 19.3. The van der Waals surface area contributed by atoms with Crippen LogP contribution >= 0.6 is 11.6 Å². The monoisotopic (exact) mass is 479 g/mol. The van der Waals surface area contributed by atoms with Gasteiger partial charge >= 0.3 is 6.03 Å². The molecule has 3 aromatic carbocycles. The molecular weight excluding hydrogens is 454 g/mol. The number of hydrogen-bond acceptors (Lipinski definition) is 4. The van der Waals surface area contributed by atoms with E-state index in [0.29, 0.717) is 35.2 Å². The topological polar surface area (TPSA) is 79.9 Å². The molecule has 1 atom stereocenters. The van der Waals surface area contributed by atoms with Crippen molar-refractivity contribution in [2.75, 3.05) is 31.0 Å². The first-order valence-electron chi connectivity index (χ1n) is 10.9. The SMILES string of the molecule is COc1cc(OC)c(NC(=O)N[C@@H](Cc2ccccc2)C(=O)N2CCc3ccccc32)cc1Cl. The quantitative estimate of drug-likeness (QED) is 0.515. The third-order valence-electron chi connectivity index (χ3n) is 5.76. The first-order chi connectivity index (χ1) is 16.5. The predicted molar refractivity (Wildman–Crippen MR) is 133 cm³/mol. The molecule has 7 nitrogen and oxygen atoms in total. The van der Waals surface area contributed by atoms with Gasteiger partial charge in [-0.3, -0.25) is 4.79 Å². The summed E-state index contributed by atoms with van der Waals surface area (Å²) in [5, 5.41) is 5.92. The van der Waals surface area contributed by atoms with Crippen molar-refractivity contribution < 1.29 is 19.1 Å². The zero-order chi connectivity index (χ0) is 24.1. The zero-order valence-corrected chi connectivity index (χ0v) is 19.8. The van der Waals surface area contributed by atoms with Crippen LogP contribution in [0.3, 0.4) is 0 Å². The molecule has 1 heterocycles. The van der Waals surface area contributed by atoms with Crippen LogP contribution in [0, 0.1) is 0 Å². The molecule has 0 radical (unpaired) electrons. The molecule has 0 fully saturated rings. The van der Waals surface area contributed by atoms with Crippen molar-refractivity contribution >= 4 is 34.9 Å². The third-order valence-corrected chi connectivity index (χ3v) is 6.06. The Labute approximate surface area is 203 Å². The molecule has 3 amide bonds. The van der Waals surface area contributed by atoms with E-state index in [1.807, 2.05) is 54.6 Å². The van der Waals surface area contributed by atoms with Crippen LogP contribution in [0.5, 0.6) is 11.5 Å². The smallest absolute Gasteiger partial charge is 0.320 e. The van der Waals surface area contributed by atoms with Crippen molar-refractivity contribution in [1.29, 1.82) is 0 Å². The Kier molecular flexibility index (Phi) is 7.23. The standard InChI is InChI=1S/C26H26ClN3O4/c1-33-23-16-24(34-2)20(15-19(23)27)28-26(32)29-21(14-17-8-4-3-5-9-17)25(31)30-13-12-18-10-6-7-11-22(18)30/h3-11,15-16,21H,12-14H2,1-2H3,(H2,28,29,32)/t21-/m0/s1. The molecule has 0 aromatic heterocycles. The van der Waals surface area contributed by atoms with Gasteiger partial charge in [0.15, 0.2) is 0 Å². The number of ether oxygens (including phenoxy) is 2. The predicted octanol–water partition coefficient (Wildman–Crippen LogP) is 4.68. The molecule has 8 heteroatoms. The lowest BCUT2D eigenvalue weighted by Crippen LogP contribution is -2.50. The van der Waals surface area contributed by atoms with Crippen LogP contribution in [0.2, 0.25) is 5.02 Å². The second-order valence-corrected chi connectivity index (χ2v) is 8.30. The Bertz CT molecular complexity index is 1190. The van der Waals surface area contributed by atoms with E-state index in [4.69, 9.17) is 21.1 Å². The van der Waals surface area contributed by atoms with E-state index in [1.165, 1.54) is 14.2 Å². The van der Waals surface area contributed by atoms with Gasteiger partial charge in [0.1, 0.15) is 17.5 Å². The zero-order valence-electron chi connectivity index (χ0n) is 19.0. The van der Waals surface area contributed by atoms with Gasteiger partial charge < -0.3 is 25.0 Å². The minimum Gasteiger partial charge on any atom is -0.495 e. The van der Waals surface area contributed by atoms with Crippen molar-refractivity contribution in [3.05, 3.63) is 82.9 Å². The molecule has 1 aliphatic rings. The molecule has 0 saturated carbocycles. The van der Waals surface area contributed by atoms with Gasteiger partial charge in [0, 0.05) is 24.7 Å². The van der Waals surface area contributed by atoms with E-state index in [0.717, 1.165) is 23.2 Å². The Morgan fingerprint density at radius 2 is 1.71 bits per heavy atom. The normalized spacial score (nSPS) is 13.1. The Morgan fingerprint density at radius 1 is 1.00 bits per heavy atom. The highest BCUT2D eigenvalue weighted by molar-refractivity contribution is 6.32. The van der Waals surface area contributed by atoms with Crippen LogP contribution in [0.4, 0.5) is 16.2 Å². The van der Waals surface area contributed by atoms with Crippen molar-refractivity contribution in [3.8, 4) is 11.5 Å². The fourth-order valence-electron chi connectivity index (χ4n) is 4.08. The van der Waals surface area contributed by atoms with E-state index in [1.54, 1.807) is 17.0 Å². The van der Waals surface area contributed by atoms with Gasteiger partial charge in [-0.15, -0.1) is 0 Å². The van der Waals surface area contributed by atoms with Crippen LogP contribution in [0.15, 0.2) is 66.7 Å². The summed E-state index contributed by atoms with van der Waals surface area (Å²) in [6.07, 6.45) is 1.14. The highest BCUT2D eigenvalue weighted by Gasteiger charge is 2.31. The van der Waals surface area contributed by atoms with Gasteiger partial charge in [-0.25, -0.2) is 4.79 Å². The summed E-state index contributed by atoms with van der Waals surface area (Å²) in [4.78, 5) is 28.3. The van der Waals surface area contributed by atoms with Crippen molar-refractivity contribution in [1.82, 2.24) is 5.32 Å². The Morgan fingerprint density at radius 3 is 2.44 bits per heavy atom. The van der Waals surface area contributed by atoms with Gasteiger partial charge in [0.25, 0.3) is 0 Å². The molecule has 0 unspecified atom stereocenters. The number of halogens is 1. The maximum absolute atomic E-state index is 13.6. The van der Waals surface area contributed by atoms with Gasteiger partial charge in [-0.2, -0.15) is 0 Å². The lowest BCUT2D eigenvalue weighted by atomic mass is 10.0. The van der Waals surface area contributed by atoms with E-state index in [-0.39, 0.29) is 5.91 Å². The maximum Gasteiger partial charge on any atom is 0.320 e. The molecule has 34 heavy (non-hydrogen) atoms. The summed E-state index contributed by atoms with van der Waals surface area (Å²) in [5.41, 5.74) is 3.31. The summed E-state index contributed by atoms with van der Waals surface area (Å²) < 4.78 is 10.6. The van der Waals surface area contributed by atoms with Gasteiger partial charge in [0.05, 0.1) is 24.9 Å². The number of methoxy groups -OCH3 is 2. The molecule has 0 spiro atoms. The summed E-state index contributed by atoms with van der Waals surface area (Å²) >= 11 is 6.23. The first kappa shape index (κ1) is 23.4. The number of nitrogens with zero attached hydrogens (tertiary/aromatic N) is 1. The number of carbonyl (C=O) groups excluding carboxylic acids is 2. The highest BCUT2D eigenvalue weighted by Crippen LogP contribution is 2.36. The second kappa shape index (κ2) is 10.5. The second-order valence-electron chi connectivity index (χ2n) is 7.90. The fraction of sp³-hybridized carbons (Fsp3) is 0.231. The average Bonchev–Trinajstić information content (AvgIpc) is 3.28. The van der Waals surface area contributed by atoms with Crippen molar-refractivity contribution in [2.45, 2.75) is 18.9 Å². The Hall–Kier alpha value is -3.71. The van der Waals surface area contributed by atoms with E-state index in [2.05, 4.69) is 10.6 Å². The first-order valence-corrected chi connectivity index (χ1v) is 11.3. The summed E-state index contributed by atoms with van der Waals surface area (Å²) in [7, 11) is 2.98. The van der Waals surface area contributed by atoms with Crippen molar-refractivity contribution in [3.63, 3.8) is 0 Å². The number of carbonyl (C=O) groups is 2. The van der Waals surface area contributed by atoms with E-state index in [9.17, 15) is 9.59 Å². The molecule has 0 bridgehead atoms. The maximum atomic E-state index is 13.6. The molecule has 2 N–H and O–H groups in total. The number of urea groups is 1. The number of para-hydroxylation sites is 1. The largest absolute Gasteiger partial charge is 0.495 e. The van der Waals surface area contributed by atoms with Crippen molar-refractivity contribution in [2.24, 2.45) is 0 Å². The van der Waals surface area contributed by atoms with E-state index < -0.39 is 12.1 Å². The minimum atomic E-state index is -0.770. The fourth-order valence-corrected chi connectivity index (χ4v) is 4.32. The number of anilines is 2. The molecule has 3 aromatic rings. The number of fused-ring (bicyclic) bond motifs is 1. The number of amides is 3. The Balaban J connectivity index is 1.56. The number of hydrogen-bond donors (Lipinski definition) is 2. The van der Waals surface area contributed by atoms with Crippen LogP contribution in [0.25, 0.3) is 0 Å². The summed E-state index contributed by atoms with van der Waals surface area (Å²) in [5.74, 6) is 0.647. The highest BCUT2D eigenvalue weighted by atomic mass is 35.5. The third kappa shape index (κ3) is 5.10. The van der Waals surface area contributed by atoms with E-state index >= 15 is 0 Å². The molecule has 0 saturated heterocycles. The number of benzene rings is 3. The lowest BCUT2D eigenvalue weighted by molar-refractivity contribution is -0.120. The molecule has 176 valence electrons. The van der Waals surface area contributed by atoms with Gasteiger partial charge in [-0.1, -0.05) is 60.1 Å². The van der Waals surface area contributed by atoms with Gasteiger partial charge in [-0.05, 0) is 29.7 Å². The minimum absolute atomic E-state index is 0.163. The summed E-state index contributed by atoms with van der Waals surface area (Å²) in [6.45, 7) is 0.578. The molecule has 1 aliphatic heterocycles. The van der Waals surface area contributed by atoms with Crippen LogP contribution in [0.1, 0.15) is 11.1 Å². The van der Waals surface area contributed by atoms with Crippen LogP contribution < -0.4 is 25.0 Å². The average molecular weight is 480 g/mol. The lowest BCUT2D eigenvalue weighted by Gasteiger charge is -2.25.